The Morgan fingerprint density at radius 3 is 1.67 bits per heavy atom. The Labute approximate surface area is 97.2 Å². The highest BCUT2D eigenvalue weighted by Gasteiger charge is 2.13. The summed E-state index contributed by atoms with van der Waals surface area (Å²) >= 11 is 0. The number of unbranched alkanes of at least 4 members (excludes halogenated alkanes) is 2. The molecule has 0 fully saturated rings. The first-order chi connectivity index (χ1) is 7.11. The highest BCUT2D eigenvalue weighted by atomic mass is 15.1. The average molecular weight is 213 g/mol. The van der Waals surface area contributed by atoms with Gasteiger partial charge in [0.1, 0.15) is 0 Å². The van der Waals surface area contributed by atoms with Crippen molar-refractivity contribution < 1.29 is 0 Å². The van der Waals surface area contributed by atoms with Gasteiger partial charge in [0, 0.05) is 6.04 Å². The van der Waals surface area contributed by atoms with Crippen LogP contribution in [0.25, 0.3) is 0 Å². The van der Waals surface area contributed by atoms with E-state index in [1.54, 1.807) is 0 Å². The van der Waals surface area contributed by atoms with E-state index >= 15 is 0 Å². The molecule has 0 radical (unpaired) electrons. The van der Waals surface area contributed by atoms with Crippen molar-refractivity contribution in [3.63, 3.8) is 0 Å². The van der Waals surface area contributed by atoms with E-state index in [2.05, 4.69) is 39.5 Å². The van der Waals surface area contributed by atoms with Crippen LogP contribution in [0.1, 0.15) is 66.7 Å². The lowest BCUT2D eigenvalue weighted by Crippen LogP contribution is -2.35. The first-order valence-corrected chi connectivity index (χ1v) is 6.85. The standard InChI is InChI=1S/C14H31N/c1-6-8-10-15(11-9-7-2)14(5)12-13(3)4/h13-14H,6-12H2,1-5H3. The summed E-state index contributed by atoms with van der Waals surface area (Å²) in [4.78, 5) is 2.69. The summed E-state index contributed by atoms with van der Waals surface area (Å²) in [5.74, 6) is 0.825. The van der Waals surface area contributed by atoms with Crippen LogP contribution in [0.2, 0.25) is 0 Å². The van der Waals surface area contributed by atoms with E-state index < -0.39 is 0 Å². The molecule has 0 N–H and O–H groups in total. The molecular weight excluding hydrogens is 182 g/mol. The van der Waals surface area contributed by atoms with Gasteiger partial charge in [-0.25, -0.2) is 0 Å². The molecular formula is C14H31N. The van der Waals surface area contributed by atoms with Crippen molar-refractivity contribution in [2.75, 3.05) is 13.1 Å². The van der Waals surface area contributed by atoms with Gasteiger partial charge < -0.3 is 4.90 Å². The largest absolute Gasteiger partial charge is 0.301 e. The topological polar surface area (TPSA) is 3.24 Å². The zero-order valence-electron chi connectivity index (χ0n) is 11.6. The van der Waals surface area contributed by atoms with Gasteiger partial charge in [-0.3, -0.25) is 0 Å². The van der Waals surface area contributed by atoms with Crippen molar-refractivity contribution in [1.82, 2.24) is 4.90 Å². The fraction of sp³-hybridized carbons (Fsp3) is 1.00. The number of hydrogen-bond donors (Lipinski definition) is 0. The quantitative estimate of drug-likeness (QED) is 0.551. The summed E-state index contributed by atoms with van der Waals surface area (Å²) < 4.78 is 0. The minimum atomic E-state index is 0.767. The Kier molecular flexibility index (Phi) is 9.18. The molecule has 0 spiro atoms. The second-order valence-electron chi connectivity index (χ2n) is 5.22. The van der Waals surface area contributed by atoms with Crippen LogP contribution in [0.3, 0.4) is 0 Å². The van der Waals surface area contributed by atoms with Crippen LogP contribution >= 0.6 is 0 Å². The normalized spacial score (nSPS) is 13.8. The molecule has 0 saturated heterocycles. The van der Waals surface area contributed by atoms with Crippen LogP contribution in [0.4, 0.5) is 0 Å². The summed E-state index contributed by atoms with van der Waals surface area (Å²) in [5, 5.41) is 0. The van der Waals surface area contributed by atoms with Gasteiger partial charge in [0.05, 0.1) is 0 Å². The van der Waals surface area contributed by atoms with E-state index in [1.807, 2.05) is 0 Å². The molecule has 1 atom stereocenters. The van der Waals surface area contributed by atoms with Gasteiger partial charge in [-0.2, -0.15) is 0 Å². The molecule has 0 rings (SSSR count). The highest BCUT2D eigenvalue weighted by Crippen LogP contribution is 2.13. The summed E-state index contributed by atoms with van der Waals surface area (Å²) in [6, 6.07) is 0.767. The van der Waals surface area contributed by atoms with Crippen LogP contribution in [-0.4, -0.2) is 24.0 Å². The van der Waals surface area contributed by atoms with Crippen LogP contribution < -0.4 is 0 Å². The minimum absolute atomic E-state index is 0.767. The summed E-state index contributed by atoms with van der Waals surface area (Å²) in [7, 11) is 0. The van der Waals surface area contributed by atoms with Crippen molar-refractivity contribution in [3.8, 4) is 0 Å². The van der Waals surface area contributed by atoms with Gasteiger partial charge in [-0.15, -0.1) is 0 Å². The molecule has 0 heterocycles. The van der Waals surface area contributed by atoms with E-state index in [9.17, 15) is 0 Å². The van der Waals surface area contributed by atoms with Crippen molar-refractivity contribution in [1.29, 1.82) is 0 Å². The Hall–Kier alpha value is -0.0400. The van der Waals surface area contributed by atoms with E-state index in [4.69, 9.17) is 0 Å². The SMILES string of the molecule is CCCCN(CCCC)C(C)CC(C)C. The zero-order valence-corrected chi connectivity index (χ0v) is 11.6. The molecule has 0 aromatic heterocycles. The van der Waals surface area contributed by atoms with Gasteiger partial charge in [0.15, 0.2) is 0 Å². The molecule has 0 bridgehead atoms. The maximum Gasteiger partial charge on any atom is 0.00693 e. The van der Waals surface area contributed by atoms with Crippen LogP contribution in [0, 0.1) is 5.92 Å². The third-order valence-electron chi connectivity index (χ3n) is 3.03. The van der Waals surface area contributed by atoms with E-state index in [0.29, 0.717) is 0 Å². The lowest BCUT2D eigenvalue weighted by molar-refractivity contribution is 0.181. The molecule has 15 heavy (non-hydrogen) atoms. The van der Waals surface area contributed by atoms with Crippen molar-refractivity contribution in [2.24, 2.45) is 5.92 Å². The monoisotopic (exact) mass is 213 g/mol. The van der Waals surface area contributed by atoms with Crippen molar-refractivity contribution >= 4 is 0 Å². The smallest absolute Gasteiger partial charge is 0.00693 e. The number of rotatable bonds is 9. The summed E-state index contributed by atoms with van der Waals surface area (Å²) in [6.07, 6.45) is 6.68. The predicted octanol–water partition coefficient (Wildman–Crippen LogP) is 4.32. The zero-order chi connectivity index (χ0) is 11.7. The van der Waals surface area contributed by atoms with Crippen LogP contribution in [0.15, 0.2) is 0 Å². The van der Waals surface area contributed by atoms with Gasteiger partial charge in [0.2, 0.25) is 0 Å². The third kappa shape index (κ3) is 7.84. The second kappa shape index (κ2) is 9.21. The molecule has 0 amide bonds. The molecule has 92 valence electrons. The van der Waals surface area contributed by atoms with E-state index in [-0.39, 0.29) is 0 Å². The minimum Gasteiger partial charge on any atom is -0.301 e. The molecule has 0 saturated carbocycles. The van der Waals surface area contributed by atoms with E-state index in [1.165, 1.54) is 45.2 Å². The number of hydrogen-bond acceptors (Lipinski definition) is 1. The van der Waals surface area contributed by atoms with E-state index in [0.717, 1.165) is 12.0 Å². The maximum absolute atomic E-state index is 2.69. The molecule has 0 aliphatic heterocycles. The first kappa shape index (κ1) is 15.0. The fourth-order valence-electron chi connectivity index (χ4n) is 2.11. The molecule has 1 heteroatoms. The fourth-order valence-corrected chi connectivity index (χ4v) is 2.11. The Bertz CT molecular complexity index is 123. The highest BCUT2D eigenvalue weighted by molar-refractivity contribution is 4.68. The van der Waals surface area contributed by atoms with Gasteiger partial charge >= 0.3 is 0 Å². The molecule has 0 aliphatic rings. The molecule has 0 aliphatic carbocycles. The Balaban J connectivity index is 3.95. The van der Waals surface area contributed by atoms with Crippen LogP contribution in [0.5, 0.6) is 0 Å². The van der Waals surface area contributed by atoms with Gasteiger partial charge in [-0.1, -0.05) is 40.5 Å². The lowest BCUT2D eigenvalue weighted by Gasteiger charge is -2.30. The Morgan fingerprint density at radius 2 is 1.33 bits per heavy atom. The molecule has 1 unspecified atom stereocenters. The summed E-state index contributed by atoms with van der Waals surface area (Å²) in [5.41, 5.74) is 0. The molecule has 0 aromatic carbocycles. The summed E-state index contributed by atoms with van der Waals surface area (Å²) in [6.45, 7) is 14.2. The second-order valence-corrected chi connectivity index (χ2v) is 5.22. The van der Waals surface area contributed by atoms with Crippen LogP contribution in [-0.2, 0) is 0 Å². The van der Waals surface area contributed by atoms with Gasteiger partial charge in [0.25, 0.3) is 0 Å². The van der Waals surface area contributed by atoms with Gasteiger partial charge in [-0.05, 0) is 45.2 Å². The lowest BCUT2D eigenvalue weighted by atomic mass is 10.0. The average Bonchev–Trinajstić information content (AvgIpc) is 2.17. The third-order valence-corrected chi connectivity index (χ3v) is 3.03. The predicted molar refractivity (Wildman–Crippen MR) is 70.3 cm³/mol. The molecule has 1 nitrogen and oxygen atoms in total. The van der Waals surface area contributed by atoms with Crippen molar-refractivity contribution in [2.45, 2.75) is 72.8 Å². The molecule has 0 aromatic rings. The van der Waals surface area contributed by atoms with Crippen molar-refractivity contribution in [3.05, 3.63) is 0 Å². The first-order valence-electron chi connectivity index (χ1n) is 6.85. The number of nitrogens with zero attached hydrogens (tertiary/aromatic N) is 1. The Morgan fingerprint density at radius 1 is 0.867 bits per heavy atom. The maximum atomic E-state index is 2.69.